The Bertz CT molecular complexity index is 1090. The fourth-order valence-electron chi connectivity index (χ4n) is 2.75. The van der Waals surface area contributed by atoms with E-state index < -0.39 is 5.82 Å². The number of hydrogen-bond donors (Lipinski definition) is 0. The predicted octanol–water partition coefficient (Wildman–Crippen LogP) is 6.67. The molecule has 1 atom stereocenters. The first kappa shape index (κ1) is 17.3. The number of thiophene rings is 1. The summed E-state index contributed by atoms with van der Waals surface area (Å²) in [5, 5.41) is 3.51. The predicted molar refractivity (Wildman–Crippen MR) is 104 cm³/mol. The molecule has 0 bridgehead atoms. The Kier molecular flexibility index (Phi) is 4.61. The van der Waals surface area contributed by atoms with Crippen molar-refractivity contribution in [2.45, 2.75) is 13.0 Å². The molecule has 7 heteroatoms. The van der Waals surface area contributed by atoms with Gasteiger partial charge in [0.15, 0.2) is 0 Å². The van der Waals surface area contributed by atoms with Crippen molar-refractivity contribution in [1.29, 1.82) is 0 Å². The van der Waals surface area contributed by atoms with Gasteiger partial charge in [0.05, 0.1) is 16.1 Å². The first-order valence-electron chi connectivity index (χ1n) is 7.85. The Hall–Kier alpha value is -2.08. The fraction of sp³-hybridized carbons (Fsp3) is 0.105. The van der Waals surface area contributed by atoms with Gasteiger partial charge in [-0.3, -0.25) is 4.57 Å². The summed E-state index contributed by atoms with van der Waals surface area (Å²) in [5.41, 5.74) is 2.21. The third-order valence-electron chi connectivity index (χ3n) is 4.04. The molecule has 2 aromatic heterocycles. The zero-order valence-corrected chi connectivity index (χ0v) is 15.9. The van der Waals surface area contributed by atoms with Crippen LogP contribution in [0.15, 0.2) is 54.2 Å². The molecule has 0 N–H and O–H groups in total. The maximum absolute atomic E-state index is 13.8. The number of fused-ring (bicyclic) bond motifs is 1. The van der Waals surface area contributed by atoms with Gasteiger partial charge in [-0.05, 0) is 19.1 Å². The molecule has 0 radical (unpaired) electrons. The average Bonchev–Trinajstić information content (AvgIpc) is 3.22. The zero-order valence-electron chi connectivity index (χ0n) is 13.6. The largest absolute Gasteiger partial charge is 0.485 e. The van der Waals surface area contributed by atoms with E-state index in [4.69, 9.17) is 27.9 Å². The summed E-state index contributed by atoms with van der Waals surface area (Å²) < 4.78 is 21.6. The molecule has 3 nitrogen and oxygen atoms in total. The monoisotopic (exact) mass is 406 g/mol. The molecule has 0 aliphatic rings. The van der Waals surface area contributed by atoms with Crippen LogP contribution >= 0.6 is 34.5 Å². The number of rotatable bonds is 4. The Morgan fingerprint density at radius 2 is 1.96 bits per heavy atom. The standard InChI is InChI=1S/C19H13Cl2FN2OS/c1-11(13-4-2-3-5-14(13)20)25-12-6-19(26-9-12)24-10-23-17-7-15(21)16(22)8-18(17)24/h2-11H,1H3/t11-/m1/s1. The maximum atomic E-state index is 13.8. The van der Waals surface area contributed by atoms with E-state index in [0.29, 0.717) is 21.8 Å². The van der Waals surface area contributed by atoms with E-state index in [1.165, 1.54) is 23.5 Å². The molecule has 0 unspecified atom stereocenters. The summed E-state index contributed by atoms with van der Waals surface area (Å²) in [4.78, 5) is 4.29. The lowest BCUT2D eigenvalue weighted by molar-refractivity contribution is 0.228. The summed E-state index contributed by atoms with van der Waals surface area (Å²) in [6.45, 7) is 1.95. The molecule has 0 saturated heterocycles. The molecule has 0 aliphatic carbocycles. The van der Waals surface area contributed by atoms with E-state index >= 15 is 0 Å². The molecule has 2 heterocycles. The molecule has 4 rings (SSSR count). The molecule has 0 aliphatic heterocycles. The minimum atomic E-state index is -0.471. The average molecular weight is 407 g/mol. The SMILES string of the molecule is C[C@@H](Oc1csc(-n2cnc3cc(Cl)c(F)cc32)c1)c1ccccc1Cl. The van der Waals surface area contributed by atoms with E-state index in [1.54, 1.807) is 6.33 Å². The molecule has 26 heavy (non-hydrogen) atoms. The van der Waals surface area contributed by atoms with Gasteiger partial charge < -0.3 is 4.74 Å². The van der Waals surface area contributed by atoms with Gasteiger partial charge in [-0.25, -0.2) is 9.37 Å². The smallest absolute Gasteiger partial charge is 0.144 e. The summed E-state index contributed by atoms with van der Waals surface area (Å²) in [6.07, 6.45) is 1.45. The van der Waals surface area contributed by atoms with Crippen molar-refractivity contribution in [3.8, 4) is 10.8 Å². The van der Waals surface area contributed by atoms with Crippen LogP contribution in [0.4, 0.5) is 4.39 Å². The number of imidazole rings is 1. The molecular formula is C19H13Cl2FN2OS. The number of nitrogens with zero attached hydrogens (tertiary/aromatic N) is 2. The van der Waals surface area contributed by atoms with Gasteiger partial charge in [0.2, 0.25) is 0 Å². The van der Waals surface area contributed by atoms with Crippen molar-refractivity contribution in [3.63, 3.8) is 0 Å². The summed E-state index contributed by atoms with van der Waals surface area (Å²) in [6, 6.07) is 12.4. The minimum absolute atomic E-state index is 0.0616. The van der Waals surface area contributed by atoms with Crippen LogP contribution in [0.5, 0.6) is 5.75 Å². The van der Waals surface area contributed by atoms with Gasteiger partial charge in [0.25, 0.3) is 0 Å². The van der Waals surface area contributed by atoms with Crippen molar-refractivity contribution >= 4 is 45.6 Å². The Morgan fingerprint density at radius 1 is 1.15 bits per heavy atom. The summed E-state index contributed by atoms with van der Waals surface area (Å²) >= 11 is 13.5. The van der Waals surface area contributed by atoms with Crippen molar-refractivity contribution in [2.75, 3.05) is 0 Å². The van der Waals surface area contributed by atoms with Crippen molar-refractivity contribution in [2.24, 2.45) is 0 Å². The number of aromatic nitrogens is 2. The van der Waals surface area contributed by atoms with Gasteiger partial charge in [0.1, 0.15) is 29.0 Å². The number of ether oxygens (including phenoxy) is 1. The molecule has 0 saturated carbocycles. The van der Waals surface area contributed by atoms with Gasteiger partial charge in [-0.1, -0.05) is 41.4 Å². The zero-order chi connectivity index (χ0) is 18.3. The highest BCUT2D eigenvalue weighted by atomic mass is 35.5. The van der Waals surface area contributed by atoms with Gasteiger partial charge in [0, 0.05) is 28.1 Å². The van der Waals surface area contributed by atoms with Crippen LogP contribution in [0, 0.1) is 5.82 Å². The lowest BCUT2D eigenvalue weighted by Gasteiger charge is -2.15. The van der Waals surface area contributed by atoms with Crippen molar-refractivity contribution in [1.82, 2.24) is 9.55 Å². The van der Waals surface area contributed by atoms with Crippen molar-refractivity contribution in [3.05, 3.63) is 75.6 Å². The molecule has 0 fully saturated rings. The highest BCUT2D eigenvalue weighted by Gasteiger charge is 2.14. The van der Waals surface area contributed by atoms with Crippen LogP contribution in [0.2, 0.25) is 10.0 Å². The van der Waals surface area contributed by atoms with Crippen LogP contribution in [0.1, 0.15) is 18.6 Å². The molecule has 0 amide bonds. The van der Waals surface area contributed by atoms with Crippen LogP contribution in [0.3, 0.4) is 0 Å². The topological polar surface area (TPSA) is 27.1 Å². The van der Waals surface area contributed by atoms with Crippen LogP contribution in [-0.2, 0) is 0 Å². The lowest BCUT2D eigenvalue weighted by Crippen LogP contribution is -2.03. The van der Waals surface area contributed by atoms with Crippen LogP contribution in [-0.4, -0.2) is 9.55 Å². The number of halogens is 3. The fourth-order valence-corrected chi connectivity index (χ4v) is 4.00. The van der Waals surface area contributed by atoms with E-state index in [2.05, 4.69) is 4.98 Å². The lowest BCUT2D eigenvalue weighted by atomic mass is 10.1. The number of benzene rings is 2. The van der Waals surface area contributed by atoms with E-state index in [0.717, 1.165) is 10.6 Å². The second-order valence-electron chi connectivity index (χ2n) is 5.77. The molecular weight excluding hydrogens is 394 g/mol. The van der Waals surface area contributed by atoms with Crippen LogP contribution in [0.25, 0.3) is 16.0 Å². The summed E-state index contributed by atoms with van der Waals surface area (Å²) in [5.74, 6) is 0.245. The van der Waals surface area contributed by atoms with E-state index in [9.17, 15) is 4.39 Å². The highest BCUT2D eigenvalue weighted by molar-refractivity contribution is 7.12. The maximum Gasteiger partial charge on any atom is 0.144 e. The third kappa shape index (κ3) is 3.18. The molecule has 4 aromatic rings. The molecule has 2 aromatic carbocycles. The third-order valence-corrected chi connectivity index (χ3v) is 5.58. The quantitative estimate of drug-likeness (QED) is 0.378. The molecule has 132 valence electrons. The van der Waals surface area contributed by atoms with Crippen molar-refractivity contribution < 1.29 is 9.13 Å². The Balaban J connectivity index is 1.63. The second-order valence-corrected chi connectivity index (χ2v) is 7.48. The highest BCUT2D eigenvalue weighted by Crippen LogP contribution is 2.33. The van der Waals surface area contributed by atoms with E-state index in [1.807, 2.05) is 47.2 Å². The van der Waals surface area contributed by atoms with Gasteiger partial charge in [-0.2, -0.15) is 0 Å². The first-order chi connectivity index (χ1) is 12.5. The normalized spacial score (nSPS) is 12.5. The summed E-state index contributed by atoms with van der Waals surface area (Å²) in [7, 11) is 0. The van der Waals surface area contributed by atoms with Crippen LogP contribution < -0.4 is 4.74 Å². The van der Waals surface area contributed by atoms with E-state index in [-0.39, 0.29) is 11.1 Å². The Morgan fingerprint density at radius 3 is 2.77 bits per heavy atom. The first-order valence-corrected chi connectivity index (χ1v) is 9.48. The molecule has 0 spiro atoms. The minimum Gasteiger partial charge on any atom is -0.485 e. The number of hydrogen-bond acceptors (Lipinski definition) is 3. The van der Waals surface area contributed by atoms with Gasteiger partial charge >= 0.3 is 0 Å². The van der Waals surface area contributed by atoms with Gasteiger partial charge in [-0.15, -0.1) is 11.3 Å². The Labute approximate surface area is 163 Å². The second kappa shape index (κ2) is 6.91.